The molecule has 0 spiro atoms. The summed E-state index contributed by atoms with van der Waals surface area (Å²) in [7, 11) is 0. The van der Waals surface area contributed by atoms with Gasteiger partial charge in [-0.1, -0.05) is 63.4 Å². The lowest BCUT2D eigenvalue weighted by Crippen LogP contribution is -2.17. The molecule has 1 heterocycles. The summed E-state index contributed by atoms with van der Waals surface area (Å²) >= 11 is 0. The Kier molecular flexibility index (Phi) is 6.69. The number of carbonyl (C=O) groups is 1. The Morgan fingerprint density at radius 1 is 1.08 bits per heavy atom. The number of benzene rings is 1. The van der Waals surface area contributed by atoms with Gasteiger partial charge in [-0.3, -0.25) is 4.79 Å². The highest BCUT2D eigenvalue weighted by Crippen LogP contribution is 2.37. The van der Waals surface area contributed by atoms with Gasteiger partial charge < -0.3 is 10.3 Å². The molecule has 0 bridgehead atoms. The van der Waals surface area contributed by atoms with E-state index in [0.717, 1.165) is 29.7 Å². The molecule has 2 N–H and O–H groups in total. The Morgan fingerprint density at radius 2 is 1.69 bits per heavy atom. The monoisotopic (exact) mass is 354 g/mol. The predicted octanol–water partition coefficient (Wildman–Crippen LogP) is 5.82. The van der Waals surface area contributed by atoms with Gasteiger partial charge in [0.15, 0.2) is 0 Å². The number of aromatic nitrogens is 1. The molecule has 0 aliphatic rings. The van der Waals surface area contributed by atoms with Crippen LogP contribution in [0.15, 0.2) is 24.3 Å². The van der Waals surface area contributed by atoms with Gasteiger partial charge in [0, 0.05) is 23.0 Å². The van der Waals surface area contributed by atoms with Crippen LogP contribution in [-0.2, 0) is 6.42 Å². The summed E-state index contributed by atoms with van der Waals surface area (Å²) in [5.41, 5.74) is 12.1. The van der Waals surface area contributed by atoms with Gasteiger partial charge in [-0.15, -0.1) is 0 Å². The summed E-state index contributed by atoms with van der Waals surface area (Å²) in [5.74, 6) is 0.155. The van der Waals surface area contributed by atoms with Crippen molar-refractivity contribution < 1.29 is 4.79 Å². The van der Waals surface area contributed by atoms with Crippen LogP contribution < -0.4 is 5.73 Å². The number of rotatable bonds is 8. The van der Waals surface area contributed by atoms with Crippen molar-refractivity contribution in [3.8, 4) is 11.1 Å². The molecule has 2 rings (SSSR count). The zero-order valence-electron chi connectivity index (χ0n) is 17.2. The minimum absolute atomic E-state index is 0.323. The van der Waals surface area contributed by atoms with Crippen molar-refractivity contribution in [3.05, 3.63) is 46.8 Å². The molecule has 0 saturated carbocycles. The SMILES string of the molecule is CCCCCc1c(-c2ccc(C)cc2)c(C(N)=O)c(C)n1C(C)C(C)C. The Hall–Kier alpha value is -2.03. The van der Waals surface area contributed by atoms with Crippen LogP contribution in [0.4, 0.5) is 0 Å². The highest BCUT2D eigenvalue weighted by Gasteiger charge is 2.27. The molecule has 0 aliphatic carbocycles. The molecule has 142 valence electrons. The van der Waals surface area contributed by atoms with Crippen LogP contribution in [-0.4, -0.2) is 10.5 Å². The molecular weight excluding hydrogens is 320 g/mol. The van der Waals surface area contributed by atoms with Gasteiger partial charge in [0.25, 0.3) is 5.91 Å². The van der Waals surface area contributed by atoms with Crippen molar-refractivity contribution in [2.24, 2.45) is 11.7 Å². The molecule has 0 saturated heterocycles. The summed E-state index contributed by atoms with van der Waals surface area (Å²) in [5, 5.41) is 0. The van der Waals surface area contributed by atoms with Crippen molar-refractivity contribution in [2.45, 2.75) is 73.3 Å². The lowest BCUT2D eigenvalue weighted by atomic mass is 9.96. The molecule has 1 unspecified atom stereocenters. The van der Waals surface area contributed by atoms with E-state index < -0.39 is 0 Å². The van der Waals surface area contributed by atoms with Crippen molar-refractivity contribution in [1.82, 2.24) is 4.57 Å². The summed E-state index contributed by atoms with van der Waals surface area (Å²) in [6.07, 6.45) is 4.48. The van der Waals surface area contributed by atoms with E-state index in [9.17, 15) is 4.79 Å². The molecule has 1 aromatic heterocycles. The van der Waals surface area contributed by atoms with E-state index in [1.807, 2.05) is 6.92 Å². The van der Waals surface area contributed by atoms with E-state index in [1.165, 1.54) is 24.1 Å². The third-order valence-corrected chi connectivity index (χ3v) is 5.53. The molecule has 3 nitrogen and oxygen atoms in total. The second-order valence-electron chi connectivity index (χ2n) is 7.82. The fraction of sp³-hybridized carbons (Fsp3) is 0.522. The maximum Gasteiger partial charge on any atom is 0.251 e. The first kappa shape index (κ1) is 20.3. The van der Waals surface area contributed by atoms with E-state index in [2.05, 4.69) is 63.5 Å². The number of hydrogen-bond acceptors (Lipinski definition) is 1. The van der Waals surface area contributed by atoms with E-state index >= 15 is 0 Å². The van der Waals surface area contributed by atoms with Gasteiger partial charge in [0.1, 0.15) is 0 Å². The molecule has 2 aromatic rings. The normalized spacial score (nSPS) is 12.6. The summed E-state index contributed by atoms with van der Waals surface area (Å²) < 4.78 is 2.37. The minimum atomic E-state index is -0.329. The van der Waals surface area contributed by atoms with Crippen LogP contribution in [0.3, 0.4) is 0 Å². The molecule has 0 fully saturated rings. The number of unbranched alkanes of at least 4 members (excludes halogenated alkanes) is 2. The number of nitrogens with two attached hydrogens (primary N) is 1. The predicted molar refractivity (Wildman–Crippen MR) is 111 cm³/mol. The van der Waals surface area contributed by atoms with Crippen LogP contribution in [0, 0.1) is 19.8 Å². The zero-order valence-corrected chi connectivity index (χ0v) is 17.2. The standard InChI is InChI=1S/C23H34N2O/c1-7-8-9-10-20-22(19-13-11-16(4)12-14-19)21(23(24)26)18(6)25(20)17(5)15(2)3/h11-15,17H,7-10H2,1-6H3,(H2,24,26). The average molecular weight is 355 g/mol. The molecular formula is C23H34N2O. The van der Waals surface area contributed by atoms with Gasteiger partial charge in [0.2, 0.25) is 0 Å². The molecule has 0 radical (unpaired) electrons. The fourth-order valence-corrected chi connectivity index (χ4v) is 3.74. The number of carbonyl (C=O) groups excluding carboxylic acids is 1. The van der Waals surface area contributed by atoms with E-state index in [-0.39, 0.29) is 5.91 Å². The smallest absolute Gasteiger partial charge is 0.251 e. The molecule has 1 amide bonds. The van der Waals surface area contributed by atoms with Crippen molar-refractivity contribution in [2.75, 3.05) is 0 Å². The average Bonchev–Trinajstić information content (AvgIpc) is 2.87. The maximum absolute atomic E-state index is 12.4. The summed E-state index contributed by atoms with van der Waals surface area (Å²) in [6, 6.07) is 8.76. The van der Waals surface area contributed by atoms with Gasteiger partial charge in [-0.05, 0) is 45.1 Å². The third kappa shape index (κ3) is 4.03. The largest absolute Gasteiger partial charge is 0.366 e. The fourth-order valence-electron chi connectivity index (χ4n) is 3.74. The minimum Gasteiger partial charge on any atom is -0.366 e. The van der Waals surface area contributed by atoms with Gasteiger partial charge in [-0.25, -0.2) is 0 Å². The van der Waals surface area contributed by atoms with Crippen LogP contribution in [0.5, 0.6) is 0 Å². The molecule has 3 heteroatoms. The first-order chi connectivity index (χ1) is 12.3. The summed E-state index contributed by atoms with van der Waals surface area (Å²) in [4.78, 5) is 12.4. The topological polar surface area (TPSA) is 48.0 Å². The zero-order chi connectivity index (χ0) is 19.4. The highest BCUT2D eigenvalue weighted by atomic mass is 16.1. The van der Waals surface area contributed by atoms with Crippen LogP contribution in [0.2, 0.25) is 0 Å². The van der Waals surface area contributed by atoms with E-state index in [4.69, 9.17) is 5.73 Å². The molecule has 26 heavy (non-hydrogen) atoms. The Balaban J connectivity index is 2.74. The first-order valence-electron chi connectivity index (χ1n) is 9.90. The number of amides is 1. The quantitative estimate of drug-likeness (QED) is 0.596. The summed E-state index contributed by atoms with van der Waals surface area (Å²) in [6.45, 7) is 13.0. The molecule has 0 aliphatic heterocycles. The van der Waals surface area contributed by atoms with Crippen LogP contribution in [0.1, 0.15) is 80.3 Å². The third-order valence-electron chi connectivity index (χ3n) is 5.53. The Bertz CT molecular complexity index is 754. The van der Waals surface area contributed by atoms with Crippen LogP contribution >= 0.6 is 0 Å². The number of primary amides is 1. The maximum atomic E-state index is 12.4. The first-order valence-corrected chi connectivity index (χ1v) is 9.90. The van der Waals surface area contributed by atoms with Gasteiger partial charge >= 0.3 is 0 Å². The highest BCUT2D eigenvalue weighted by molar-refractivity contribution is 6.02. The van der Waals surface area contributed by atoms with Crippen molar-refractivity contribution in [1.29, 1.82) is 0 Å². The lowest BCUT2D eigenvalue weighted by molar-refractivity contribution is 0.1000. The lowest BCUT2D eigenvalue weighted by Gasteiger charge is -2.24. The Labute approximate surface area is 158 Å². The number of hydrogen-bond donors (Lipinski definition) is 1. The second kappa shape index (κ2) is 8.57. The number of nitrogens with zero attached hydrogens (tertiary/aromatic N) is 1. The molecule has 1 atom stereocenters. The second-order valence-corrected chi connectivity index (χ2v) is 7.82. The van der Waals surface area contributed by atoms with Crippen molar-refractivity contribution >= 4 is 5.91 Å². The van der Waals surface area contributed by atoms with Crippen molar-refractivity contribution in [3.63, 3.8) is 0 Å². The van der Waals surface area contributed by atoms with E-state index in [0.29, 0.717) is 17.5 Å². The Morgan fingerprint density at radius 3 is 2.19 bits per heavy atom. The molecule has 1 aromatic carbocycles. The van der Waals surface area contributed by atoms with Gasteiger partial charge in [-0.2, -0.15) is 0 Å². The van der Waals surface area contributed by atoms with Gasteiger partial charge in [0.05, 0.1) is 5.56 Å². The van der Waals surface area contributed by atoms with Crippen LogP contribution in [0.25, 0.3) is 11.1 Å². The van der Waals surface area contributed by atoms with E-state index in [1.54, 1.807) is 0 Å². The number of aryl methyl sites for hydroxylation is 1.